The zero-order chi connectivity index (χ0) is 16.6. The van der Waals surface area contributed by atoms with Gasteiger partial charge in [0.1, 0.15) is 17.2 Å². The molecule has 0 fully saturated rings. The van der Waals surface area contributed by atoms with Crippen molar-refractivity contribution in [2.75, 3.05) is 0 Å². The topological polar surface area (TPSA) is 63.6 Å². The summed E-state index contributed by atoms with van der Waals surface area (Å²) in [6.45, 7) is 0. The van der Waals surface area contributed by atoms with Crippen LogP contribution < -0.4 is 10.2 Å². The molecule has 3 aromatic rings. The van der Waals surface area contributed by atoms with Gasteiger partial charge >= 0.3 is 0 Å². The third-order valence-corrected chi connectivity index (χ3v) is 3.14. The monoisotopic (exact) mass is 317 g/mol. The van der Waals surface area contributed by atoms with Crippen molar-refractivity contribution in [3.63, 3.8) is 0 Å². The van der Waals surface area contributed by atoms with Crippen molar-refractivity contribution in [1.29, 1.82) is 0 Å². The van der Waals surface area contributed by atoms with E-state index in [0.29, 0.717) is 5.69 Å². The van der Waals surface area contributed by atoms with E-state index in [-0.39, 0.29) is 5.91 Å². The van der Waals surface area contributed by atoms with Gasteiger partial charge in [0.15, 0.2) is 0 Å². The zero-order valence-corrected chi connectivity index (χ0v) is 12.8. The summed E-state index contributed by atoms with van der Waals surface area (Å²) in [5.74, 6) is 1.16. The molecule has 24 heavy (non-hydrogen) atoms. The van der Waals surface area contributed by atoms with E-state index in [9.17, 15) is 4.79 Å². The highest BCUT2D eigenvalue weighted by molar-refractivity contribution is 5.93. The molecular formula is C19H15N3O2. The zero-order valence-electron chi connectivity index (χ0n) is 12.8. The molecule has 2 aromatic carbocycles. The number of para-hydroxylation sites is 1. The quantitative estimate of drug-likeness (QED) is 0.577. The lowest BCUT2D eigenvalue weighted by Gasteiger charge is -2.05. The molecule has 5 heteroatoms. The van der Waals surface area contributed by atoms with Gasteiger partial charge in [-0.15, -0.1) is 0 Å². The minimum absolute atomic E-state index is 0.321. The summed E-state index contributed by atoms with van der Waals surface area (Å²) in [5, 5.41) is 3.93. The minimum atomic E-state index is -0.351. The molecule has 0 saturated carbocycles. The number of rotatable bonds is 5. The van der Waals surface area contributed by atoms with Gasteiger partial charge in [-0.2, -0.15) is 5.10 Å². The van der Waals surface area contributed by atoms with Crippen molar-refractivity contribution in [3.05, 3.63) is 90.3 Å². The summed E-state index contributed by atoms with van der Waals surface area (Å²) in [6.07, 6.45) is 3.12. The van der Waals surface area contributed by atoms with Crippen LogP contribution in [0.4, 0.5) is 0 Å². The molecular weight excluding hydrogens is 302 g/mol. The summed E-state index contributed by atoms with van der Waals surface area (Å²) < 4.78 is 5.71. The molecule has 0 saturated heterocycles. The number of nitrogens with zero attached hydrogens (tertiary/aromatic N) is 2. The largest absolute Gasteiger partial charge is 0.457 e. The van der Waals surface area contributed by atoms with Gasteiger partial charge in [0.2, 0.25) is 0 Å². The van der Waals surface area contributed by atoms with E-state index < -0.39 is 0 Å². The van der Waals surface area contributed by atoms with Crippen molar-refractivity contribution in [1.82, 2.24) is 10.4 Å². The van der Waals surface area contributed by atoms with Gasteiger partial charge in [-0.25, -0.2) is 5.43 Å². The Morgan fingerprint density at radius 3 is 2.33 bits per heavy atom. The fourth-order valence-corrected chi connectivity index (χ4v) is 1.97. The van der Waals surface area contributed by atoms with Gasteiger partial charge in [0, 0.05) is 6.20 Å². The van der Waals surface area contributed by atoms with Crippen LogP contribution in [0.1, 0.15) is 16.1 Å². The maximum absolute atomic E-state index is 11.8. The number of carbonyl (C=O) groups is 1. The molecule has 0 unspecified atom stereocenters. The van der Waals surface area contributed by atoms with Gasteiger partial charge in [-0.05, 0) is 54.1 Å². The van der Waals surface area contributed by atoms with E-state index in [2.05, 4.69) is 15.5 Å². The van der Waals surface area contributed by atoms with E-state index in [1.807, 2.05) is 54.6 Å². The summed E-state index contributed by atoms with van der Waals surface area (Å²) in [4.78, 5) is 15.7. The molecule has 0 spiro atoms. The number of nitrogens with one attached hydrogen (secondary N) is 1. The number of hydrogen-bond acceptors (Lipinski definition) is 4. The van der Waals surface area contributed by atoms with Crippen LogP contribution >= 0.6 is 0 Å². The van der Waals surface area contributed by atoms with Crippen LogP contribution in [0.5, 0.6) is 11.5 Å². The molecule has 0 aliphatic heterocycles. The van der Waals surface area contributed by atoms with Crippen molar-refractivity contribution < 1.29 is 9.53 Å². The molecule has 1 aromatic heterocycles. The van der Waals surface area contributed by atoms with E-state index in [1.54, 1.807) is 30.6 Å². The molecule has 1 N–H and O–H groups in total. The Labute approximate surface area is 139 Å². The smallest absolute Gasteiger partial charge is 0.289 e. The number of hydrogen-bond donors (Lipinski definition) is 1. The highest BCUT2D eigenvalue weighted by atomic mass is 16.5. The third kappa shape index (κ3) is 4.27. The van der Waals surface area contributed by atoms with Gasteiger partial charge in [0.25, 0.3) is 5.91 Å². The summed E-state index contributed by atoms with van der Waals surface area (Å²) in [6, 6.07) is 22.1. The van der Waals surface area contributed by atoms with Crippen LogP contribution in [0.2, 0.25) is 0 Å². The van der Waals surface area contributed by atoms with Gasteiger partial charge < -0.3 is 4.74 Å². The summed E-state index contributed by atoms with van der Waals surface area (Å²) in [7, 11) is 0. The number of hydrazone groups is 1. The van der Waals surface area contributed by atoms with Crippen molar-refractivity contribution in [2.45, 2.75) is 0 Å². The first-order chi connectivity index (χ1) is 11.8. The fourth-order valence-electron chi connectivity index (χ4n) is 1.97. The highest BCUT2D eigenvalue weighted by Gasteiger charge is 2.03. The Bertz CT molecular complexity index is 816. The fraction of sp³-hybridized carbons (Fsp3) is 0. The van der Waals surface area contributed by atoms with E-state index in [1.165, 1.54) is 0 Å². The van der Waals surface area contributed by atoms with Crippen LogP contribution in [0, 0.1) is 0 Å². The maximum atomic E-state index is 11.8. The summed E-state index contributed by atoms with van der Waals surface area (Å²) in [5.41, 5.74) is 3.60. The second-order valence-corrected chi connectivity index (χ2v) is 4.90. The second-order valence-electron chi connectivity index (χ2n) is 4.90. The van der Waals surface area contributed by atoms with Gasteiger partial charge in [-0.3, -0.25) is 9.78 Å². The first kappa shape index (κ1) is 15.4. The van der Waals surface area contributed by atoms with Crippen molar-refractivity contribution in [2.24, 2.45) is 5.10 Å². The Balaban J connectivity index is 1.57. The SMILES string of the molecule is O=C(N/N=C\c1ccc(Oc2ccccc2)cc1)c1ccccn1. The molecule has 0 atom stereocenters. The summed E-state index contributed by atoms with van der Waals surface area (Å²) >= 11 is 0. The van der Waals surface area contributed by atoms with E-state index in [0.717, 1.165) is 17.1 Å². The molecule has 118 valence electrons. The van der Waals surface area contributed by atoms with Crippen LogP contribution in [-0.2, 0) is 0 Å². The Kier molecular flexibility index (Phi) is 4.94. The third-order valence-electron chi connectivity index (χ3n) is 3.14. The Morgan fingerprint density at radius 2 is 1.62 bits per heavy atom. The Morgan fingerprint density at radius 1 is 0.917 bits per heavy atom. The predicted octanol–water partition coefficient (Wildman–Crippen LogP) is 3.64. The number of benzene rings is 2. The van der Waals surface area contributed by atoms with Crippen LogP contribution in [0.3, 0.4) is 0 Å². The predicted molar refractivity (Wildman–Crippen MR) is 92.3 cm³/mol. The number of amides is 1. The Hall–Kier alpha value is -3.47. The van der Waals surface area contributed by atoms with Crippen LogP contribution in [0.15, 0.2) is 84.1 Å². The molecule has 0 bridgehead atoms. The van der Waals surface area contributed by atoms with Gasteiger partial charge in [-0.1, -0.05) is 24.3 Å². The van der Waals surface area contributed by atoms with E-state index in [4.69, 9.17) is 4.74 Å². The normalized spacial score (nSPS) is 10.5. The average Bonchev–Trinajstić information content (AvgIpc) is 2.65. The van der Waals surface area contributed by atoms with Gasteiger partial charge in [0.05, 0.1) is 6.21 Å². The second kappa shape index (κ2) is 7.69. The van der Waals surface area contributed by atoms with Crippen LogP contribution in [-0.4, -0.2) is 17.1 Å². The molecule has 1 heterocycles. The number of pyridine rings is 1. The molecule has 0 aliphatic carbocycles. The molecule has 0 aliphatic rings. The van der Waals surface area contributed by atoms with Crippen molar-refractivity contribution >= 4 is 12.1 Å². The lowest BCUT2D eigenvalue weighted by molar-refractivity contribution is 0.0950. The molecule has 3 rings (SSSR count). The average molecular weight is 317 g/mol. The standard InChI is InChI=1S/C19H15N3O2/c23-19(18-8-4-5-13-20-18)22-21-14-15-9-11-17(12-10-15)24-16-6-2-1-3-7-16/h1-14H,(H,22,23)/b21-14-. The number of ether oxygens (including phenoxy) is 1. The first-order valence-electron chi connectivity index (χ1n) is 7.39. The maximum Gasteiger partial charge on any atom is 0.289 e. The molecule has 1 amide bonds. The number of aromatic nitrogens is 1. The lowest BCUT2D eigenvalue weighted by atomic mass is 10.2. The van der Waals surface area contributed by atoms with Crippen LogP contribution in [0.25, 0.3) is 0 Å². The molecule has 5 nitrogen and oxygen atoms in total. The van der Waals surface area contributed by atoms with E-state index >= 15 is 0 Å². The van der Waals surface area contributed by atoms with Crippen molar-refractivity contribution in [3.8, 4) is 11.5 Å². The first-order valence-corrected chi connectivity index (χ1v) is 7.39. The lowest BCUT2D eigenvalue weighted by Crippen LogP contribution is -2.18. The minimum Gasteiger partial charge on any atom is -0.457 e. The molecule has 0 radical (unpaired) electrons. The highest BCUT2D eigenvalue weighted by Crippen LogP contribution is 2.20. The number of carbonyl (C=O) groups excluding carboxylic acids is 1.